The summed E-state index contributed by atoms with van der Waals surface area (Å²) in [4.78, 5) is 2.44. The highest BCUT2D eigenvalue weighted by molar-refractivity contribution is 5.28. The Bertz CT molecular complexity index is 626. The molecule has 0 radical (unpaired) electrons. The first-order chi connectivity index (χ1) is 11.3. The van der Waals surface area contributed by atoms with E-state index in [1.807, 2.05) is 18.2 Å². The molecule has 23 heavy (non-hydrogen) atoms. The fraction of sp³-hybridized carbons (Fsp3) is 0.400. The van der Waals surface area contributed by atoms with Crippen LogP contribution in [0.2, 0.25) is 0 Å². The van der Waals surface area contributed by atoms with Crippen molar-refractivity contribution in [2.24, 2.45) is 0 Å². The minimum atomic E-state index is -0.147. The molecule has 3 rings (SSSR count). The second kappa shape index (κ2) is 7.60. The van der Waals surface area contributed by atoms with E-state index in [0.29, 0.717) is 6.04 Å². The number of nitrogens with zero attached hydrogens (tertiary/aromatic N) is 1. The normalized spacial score (nSPS) is 18.3. The van der Waals surface area contributed by atoms with Gasteiger partial charge in [0, 0.05) is 12.6 Å². The lowest BCUT2D eigenvalue weighted by molar-refractivity contribution is 0.248. The summed E-state index contributed by atoms with van der Waals surface area (Å²) in [6.07, 6.45) is 3.28. The summed E-state index contributed by atoms with van der Waals surface area (Å²) in [5.41, 5.74) is 2.36. The third-order valence-corrected chi connectivity index (χ3v) is 4.38. The van der Waals surface area contributed by atoms with E-state index in [-0.39, 0.29) is 5.82 Å². The number of halogens is 1. The molecular formula is C20H24FNO. The van der Waals surface area contributed by atoms with Crippen molar-refractivity contribution in [2.45, 2.75) is 38.8 Å². The largest absolute Gasteiger partial charge is 0.494 e. The topological polar surface area (TPSA) is 12.5 Å². The van der Waals surface area contributed by atoms with Crippen LogP contribution in [0.25, 0.3) is 0 Å². The van der Waals surface area contributed by atoms with Crippen LogP contribution in [-0.2, 0) is 6.54 Å². The molecule has 1 heterocycles. The van der Waals surface area contributed by atoms with Gasteiger partial charge in [0.15, 0.2) is 0 Å². The summed E-state index contributed by atoms with van der Waals surface area (Å²) in [6, 6.07) is 15.7. The zero-order chi connectivity index (χ0) is 16.1. The van der Waals surface area contributed by atoms with Crippen molar-refractivity contribution in [3.05, 3.63) is 65.5 Å². The Hall–Kier alpha value is -1.87. The van der Waals surface area contributed by atoms with Crippen molar-refractivity contribution in [3.63, 3.8) is 0 Å². The van der Waals surface area contributed by atoms with Crippen LogP contribution in [-0.4, -0.2) is 18.1 Å². The summed E-state index contributed by atoms with van der Waals surface area (Å²) < 4.78 is 19.1. The van der Waals surface area contributed by atoms with Gasteiger partial charge in [-0.05, 0) is 61.2 Å². The Morgan fingerprint density at radius 3 is 2.74 bits per heavy atom. The fourth-order valence-corrected chi connectivity index (χ4v) is 3.25. The van der Waals surface area contributed by atoms with Crippen LogP contribution in [0.4, 0.5) is 4.39 Å². The van der Waals surface area contributed by atoms with Gasteiger partial charge < -0.3 is 4.74 Å². The molecule has 1 aliphatic rings. The third-order valence-electron chi connectivity index (χ3n) is 4.38. The summed E-state index contributed by atoms with van der Waals surface area (Å²) in [6.45, 7) is 4.83. The van der Waals surface area contributed by atoms with Gasteiger partial charge >= 0.3 is 0 Å². The Morgan fingerprint density at radius 1 is 1.17 bits per heavy atom. The molecule has 0 saturated carbocycles. The van der Waals surface area contributed by atoms with Gasteiger partial charge in [-0.15, -0.1) is 0 Å². The van der Waals surface area contributed by atoms with E-state index in [9.17, 15) is 4.39 Å². The van der Waals surface area contributed by atoms with Crippen LogP contribution in [0.5, 0.6) is 5.75 Å². The van der Waals surface area contributed by atoms with E-state index in [1.165, 1.54) is 18.1 Å². The molecular weight excluding hydrogens is 289 g/mol. The van der Waals surface area contributed by atoms with Crippen molar-refractivity contribution in [3.8, 4) is 5.75 Å². The average Bonchev–Trinajstić information content (AvgIpc) is 3.02. The van der Waals surface area contributed by atoms with Crippen LogP contribution in [0.3, 0.4) is 0 Å². The Morgan fingerprint density at radius 2 is 2.00 bits per heavy atom. The maximum absolute atomic E-state index is 13.5. The molecule has 0 N–H and O–H groups in total. The first-order valence-corrected chi connectivity index (χ1v) is 8.47. The van der Waals surface area contributed by atoms with E-state index >= 15 is 0 Å². The van der Waals surface area contributed by atoms with Crippen LogP contribution in [0.15, 0.2) is 48.5 Å². The Kier molecular flexibility index (Phi) is 5.29. The smallest absolute Gasteiger partial charge is 0.123 e. The number of hydrogen-bond acceptors (Lipinski definition) is 2. The van der Waals surface area contributed by atoms with E-state index in [0.717, 1.165) is 43.9 Å². The van der Waals surface area contributed by atoms with E-state index in [1.54, 1.807) is 12.1 Å². The fourth-order valence-electron chi connectivity index (χ4n) is 3.25. The molecule has 3 heteroatoms. The highest BCUT2D eigenvalue weighted by atomic mass is 19.1. The number of ether oxygens (including phenoxy) is 1. The summed E-state index contributed by atoms with van der Waals surface area (Å²) in [7, 11) is 0. The van der Waals surface area contributed by atoms with Gasteiger partial charge in [0.25, 0.3) is 0 Å². The summed E-state index contributed by atoms with van der Waals surface area (Å²) in [5.74, 6) is 0.783. The number of hydrogen-bond donors (Lipinski definition) is 0. The second-order valence-electron chi connectivity index (χ2n) is 6.18. The molecule has 0 bridgehead atoms. The minimum absolute atomic E-state index is 0.147. The van der Waals surface area contributed by atoms with Gasteiger partial charge in [-0.3, -0.25) is 4.90 Å². The lowest BCUT2D eigenvalue weighted by atomic mass is 10.0. The maximum atomic E-state index is 13.5. The quantitative estimate of drug-likeness (QED) is 0.748. The van der Waals surface area contributed by atoms with Crippen molar-refractivity contribution in [1.29, 1.82) is 0 Å². The predicted octanol–water partition coefficient (Wildman–Crippen LogP) is 4.95. The second-order valence-corrected chi connectivity index (χ2v) is 6.18. The molecule has 122 valence electrons. The Balaban J connectivity index is 1.66. The molecule has 0 spiro atoms. The monoisotopic (exact) mass is 313 g/mol. The zero-order valence-corrected chi connectivity index (χ0v) is 13.7. The molecule has 2 nitrogen and oxygen atoms in total. The van der Waals surface area contributed by atoms with Crippen molar-refractivity contribution in [1.82, 2.24) is 4.90 Å². The molecule has 1 atom stereocenters. The summed E-state index contributed by atoms with van der Waals surface area (Å²) >= 11 is 0. The maximum Gasteiger partial charge on any atom is 0.123 e. The van der Waals surface area contributed by atoms with E-state index in [4.69, 9.17) is 4.74 Å². The molecule has 1 saturated heterocycles. The van der Waals surface area contributed by atoms with E-state index < -0.39 is 0 Å². The van der Waals surface area contributed by atoms with Crippen LogP contribution in [0.1, 0.15) is 43.4 Å². The van der Waals surface area contributed by atoms with Crippen molar-refractivity contribution < 1.29 is 9.13 Å². The average molecular weight is 313 g/mol. The van der Waals surface area contributed by atoms with Gasteiger partial charge in [0.1, 0.15) is 11.6 Å². The standard InChI is InChI=1S/C20H24FNO/c1-2-13-23-19-10-8-16(9-11-19)15-22-12-4-7-20(22)17-5-3-6-18(21)14-17/h3,5-6,8-11,14,20H,2,4,7,12-13,15H2,1H3/t20-/m1/s1. The van der Waals surface area contributed by atoms with Gasteiger partial charge in [-0.2, -0.15) is 0 Å². The van der Waals surface area contributed by atoms with Crippen LogP contribution in [0, 0.1) is 5.82 Å². The first kappa shape index (κ1) is 16.0. The number of benzene rings is 2. The first-order valence-electron chi connectivity index (χ1n) is 8.47. The lowest BCUT2D eigenvalue weighted by Gasteiger charge is -2.25. The number of rotatable bonds is 6. The van der Waals surface area contributed by atoms with Crippen molar-refractivity contribution in [2.75, 3.05) is 13.2 Å². The molecule has 1 aliphatic heterocycles. The highest BCUT2D eigenvalue weighted by Crippen LogP contribution is 2.33. The lowest BCUT2D eigenvalue weighted by Crippen LogP contribution is -2.22. The molecule has 2 aromatic rings. The number of likely N-dealkylation sites (tertiary alicyclic amines) is 1. The van der Waals surface area contributed by atoms with Gasteiger partial charge in [-0.1, -0.05) is 31.2 Å². The molecule has 1 fully saturated rings. The minimum Gasteiger partial charge on any atom is -0.494 e. The molecule has 0 aromatic heterocycles. The Labute approximate surface area is 137 Å². The third kappa shape index (κ3) is 4.11. The molecule has 2 aromatic carbocycles. The zero-order valence-electron chi connectivity index (χ0n) is 13.7. The van der Waals surface area contributed by atoms with Crippen molar-refractivity contribution >= 4 is 0 Å². The molecule has 0 amide bonds. The molecule has 0 aliphatic carbocycles. The van der Waals surface area contributed by atoms with Crippen LogP contribution >= 0.6 is 0 Å². The van der Waals surface area contributed by atoms with Crippen LogP contribution < -0.4 is 4.74 Å². The summed E-state index contributed by atoms with van der Waals surface area (Å²) in [5, 5.41) is 0. The highest BCUT2D eigenvalue weighted by Gasteiger charge is 2.26. The van der Waals surface area contributed by atoms with Gasteiger partial charge in [-0.25, -0.2) is 4.39 Å². The van der Waals surface area contributed by atoms with E-state index in [2.05, 4.69) is 24.0 Å². The SMILES string of the molecule is CCCOc1ccc(CN2CCC[C@@H]2c2cccc(F)c2)cc1. The molecule has 0 unspecified atom stereocenters. The van der Waals surface area contributed by atoms with Gasteiger partial charge in [0.05, 0.1) is 6.61 Å². The predicted molar refractivity (Wildman–Crippen MR) is 91.0 cm³/mol. The van der Waals surface area contributed by atoms with Gasteiger partial charge in [0.2, 0.25) is 0 Å².